The van der Waals surface area contributed by atoms with Crippen LogP contribution in [0.2, 0.25) is 5.02 Å². The summed E-state index contributed by atoms with van der Waals surface area (Å²) in [6, 6.07) is 17.5. The predicted octanol–water partition coefficient (Wildman–Crippen LogP) is 5.29. The number of hydrogen-bond donors (Lipinski definition) is 2. The van der Waals surface area contributed by atoms with Gasteiger partial charge in [-0.3, -0.25) is 10.1 Å². The lowest BCUT2D eigenvalue weighted by Crippen LogP contribution is -2.34. The lowest BCUT2D eigenvalue weighted by atomic mass is 10.2. The van der Waals surface area contributed by atoms with Gasteiger partial charge in [0, 0.05) is 22.3 Å². The number of benzene rings is 3. The van der Waals surface area contributed by atoms with E-state index in [2.05, 4.69) is 15.6 Å². The lowest BCUT2D eigenvalue weighted by Gasteiger charge is -2.12. The van der Waals surface area contributed by atoms with Crippen molar-refractivity contribution >= 4 is 51.6 Å². The zero-order chi connectivity index (χ0) is 22.7. The first-order chi connectivity index (χ1) is 15.5. The number of oxazole rings is 1. The molecule has 3 aromatic carbocycles. The minimum absolute atomic E-state index is 0.130. The molecule has 0 aliphatic rings. The van der Waals surface area contributed by atoms with Crippen molar-refractivity contribution in [2.45, 2.75) is 0 Å². The van der Waals surface area contributed by atoms with E-state index >= 15 is 0 Å². The molecular weight excluding hydrogens is 450 g/mol. The van der Waals surface area contributed by atoms with Crippen molar-refractivity contribution in [2.24, 2.45) is 0 Å². The number of fused-ring (bicyclic) bond motifs is 1. The Bertz CT molecular complexity index is 1320. The largest absolute Gasteiger partial charge is 0.497 e. The van der Waals surface area contributed by atoms with Gasteiger partial charge in [0.05, 0.1) is 19.8 Å². The topological polar surface area (TPSA) is 85.6 Å². The summed E-state index contributed by atoms with van der Waals surface area (Å²) < 4.78 is 16.2. The number of carbonyl (C=O) groups excluding carboxylic acids is 1. The first-order valence-corrected chi connectivity index (χ1v) is 10.3. The van der Waals surface area contributed by atoms with Gasteiger partial charge in [-0.15, -0.1) is 0 Å². The smallest absolute Gasteiger partial charge is 0.261 e. The normalized spacial score (nSPS) is 10.6. The molecule has 4 aromatic rings. The number of thiocarbonyl (C=S) groups is 1. The Morgan fingerprint density at radius 2 is 1.91 bits per heavy atom. The highest BCUT2D eigenvalue weighted by atomic mass is 35.5. The molecule has 0 unspecified atom stereocenters. The maximum Gasteiger partial charge on any atom is 0.261 e. The van der Waals surface area contributed by atoms with Crippen LogP contribution in [0, 0.1) is 0 Å². The fourth-order valence-electron chi connectivity index (χ4n) is 3.07. The molecule has 1 amide bonds. The highest BCUT2D eigenvalue weighted by Crippen LogP contribution is 2.28. The predicted molar refractivity (Wildman–Crippen MR) is 128 cm³/mol. The van der Waals surface area contributed by atoms with E-state index < -0.39 is 5.91 Å². The summed E-state index contributed by atoms with van der Waals surface area (Å²) in [5.74, 6) is 1.01. The number of methoxy groups -OCH3 is 2. The van der Waals surface area contributed by atoms with E-state index in [0.29, 0.717) is 44.8 Å². The van der Waals surface area contributed by atoms with Crippen molar-refractivity contribution in [3.05, 3.63) is 71.2 Å². The second-order valence-corrected chi connectivity index (χ2v) is 7.53. The van der Waals surface area contributed by atoms with E-state index in [-0.39, 0.29) is 5.11 Å². The van der Waals surface area contributed by atoms with Gasteiger partial charge in [0.15, 0.2) is 10.7 Å². The Kier molecular flexibility index (Phi) is 6.25. The minimum Gasteiger partial charge on any atom is -0.497 e. The average molecular weight is 468 g/mol. The first kappa shape index (κ1) is 21.6. The van der Waals surface area contributed by atoms with Crippen LogP contribution in [0.4, 0.5) is 5.69 Å². The van der Waals surface area contributed by atoms with E-state index in [0.717, 1.165) is 5.56 Å². The summed E-state index contributed by atoms with van der Waals surface area (Å²) in [5.41, 5.74) is 3.00. The third kappa shape index (κ3) is 4.66. The molecule has 0 aliphatic heterocycles. The fourth-order valence-corrected chi connectivity index (χ4v) is 3.47. The Hall–Kier alpha value is -3.62. The van der Waals surface area contributed by atoms with Crippen molar-refractivity contribution in [1.29, 1.82) is 0 Å². The molecule has 0 aliphatic carbocycles. The van der Waals surface area contributed by atoms with Gasteiger partial charge in [0.2, 0.25) is 5.89 Å². The molecule has 0 saturated carbocycles. The molecule has 2 N–H and O–H groups in total. The van der Waals surface area contributed by atoms with Crippen molar-refractivity contribution in [3.63, 3.8) is 0 Å². The number of ether oxygens (including phenoxy) is 2. The molecule has 162 valence electrons. The first-order valence-electron chi connectivity index (χ1n) is 9.47. The monoisotopic (exact) mass is 467 g/mol. The molecular formula is C23H18ClN3O4S. The number of carbonyl (C=O) groups is 1. The van der Waals surface area contributed by atoms with Crippen LogP contribution in [0.3, 0.4) is 0 Å². The molecule has 0 bridgehead atoms. The second kappa shape index (κ2) is 9.25. The summed E-state index contributed by atoms with van der Waals surface area (Å²) in [6.07, 6.45) is 0. The molecule has 4 rings (SSSR count). The Labute approximate surface area is 194 Å². The van der Waals surface area contributed by atoms with Crippen LogP contribution in [-0.4, -0.2) is 30.2 Å². The summed E-state index contributed by atoms with van der Waals surface area (Å²) in [7, 11) is 3.02. The van der Waals surface area contributed by atoms with E-state index in [1.807, 2.05) is 12.1 Å². The molecule has 9 heteroatoms. The van der Waals surface area contributed by atoms with Crippen LogP contribution in [0.15, 0.2) is 65.1 Å². The lowest BCUT2D eigenvalue weighted by molar-refractivity contribution is 0.0974. The number of hydrogen-bond acceptors (Lipinski definition) is 6. The van der Waals surface area contributed by atoms with Gasteiger partial charge in [0.25, 0.3) is 5.91 Å². The quantitative estimate of drug-likeness (QED) is 0.385. The molecule has 7 nitrogen and oxygen atoms in total. The molecule has 0 saturated heterocycles. The number of nitrogens with one attached hydrogen (secondary N) is 2. The minimum atomic E-state index is -0.409. The number of anilines is 1. The molecule has 0 atom stereocenters. The number of aromatic nitrogens is 1. The average Bonchev–Trinajstić information content (AvgIpc) is 3.22. The van der Waals surface area contributed by atoms with Crippen LogP contribution in [0.25, 0.3) is 22.6 Å². The third-order valence-corrected chi connectivity index (χ3v) is 5.04. The molecule has 0 spiro atoms. The highest BCUT2D eigenvalue weighted by molar-refractivity contribution is 7.80. The summed E-state index contributed by atoms with van der Waals surface area (Å²) in [4.78, 5) is 17.1. The van der Waals surface area contributed by atoms with Crippen LogP contribution < -0.4 is 20.1 Å². The second-order valence-electron chi connectivity index (χ2n) is 6.69. The maximum atomic E-state index is 12.6. The molecule has 1 heterocycles. The SMILES string of the molecule is COc1ccc(C(=O)NC(=S)Nc2ccc3oc(-c4cccc(Cl)c4)nc3c2)c(OC)c1. The molecule has 32 heavy (non-hydrogen) atoms. The summed E-state index contributed by atoms with van der Waals surface area (Å²) in [5, 5.41) is 6.36. The van der Waals surface area contributed by atoms with Crippen molar-refractivity contribution in [1.82, 2.24) is 10.3 Å². The molecule has 1 aromatic heterocycles. The van der Waals surface area contributed by atoms with Gasteiger partial charge in [-0.25, -0.2) is 4.98 Å². The zero-order valence-corrected chi connectivity index (χ0v) is 18.7. The Morgan fingerprint density at radius 1 is 1.06 bits per heavy atom. The Balaban J connectivity index is 1.48. The van der Waals surface area contributed by atoms with E-state index in [4.69, 9.17) is 37.7 Å². The maximum absolute atomic E-state index is 12.6. The van der Waals surface area contributed by atoms with Gasteiger partial charge in [0.1, 0.15) is 17.0 Å². The van der Waals surface area contributed by atoms with Gasteiger partial charge in [-0.2, -0.15) is 0 Å². The number of amides is 1. The van der Waals surface area contributed by atoms with Crippen molar-refractivity contribution in [2.75, 3.05) is 19.5 Å². The van der Waals surface area contributed by atoms with Crippen LogP contribution in [-0.2, 0) is 0 Å². The van der Waals surface area contributed by atoms with Crippen molar-refractivity contribution in [3.8, 4) is 23.0 Å². The van der Waals surface area contributed by atoms with Gasteiger partial charge >= 0.3 is 0 Å². The number of halogens is 1. The van der Waals surface area contributed by atoms with Crippen molar-refractivity contribution < 1.29 is 18.7 Å². The summed E-state index contributed by atoms with van der Waals surface area (Å²) >= 11 is 11.3. The summed E-state index contributed by atoms with van der Waals surface area (Å²) in [6.45, 7) is 0. The standard InChI is InChI=1S/C23H18ClN3O4S/c1-29-16-7-8-17(20(12-16)30-2)21(28)27-23(32)25-15-6-9-19-18(11-15)26-22(31-19)13-4-3-5-14(24)10-13/h3-12H,1-2H3,(H2,25,27,28,32). The molecule has 0 radical (unpaired) electrons. The Morgan fingerprint density at radius 3 is 2.66 bits per heavy atom. The van der Waals surface area contributed by atoms with Crippen LogP contribution >= 0.6 is 23.8 Å². The van der Waals surface area contributed by atoms with Gasteiger partial charge in [-0.05, 0) is 60.7 Å². The van der Waals surface area contributed by atoms with E-state index in [1.54, 1.807) is 48.5 Å². The van der Waals surface area contributed by atoms with Gasteiger partial charge in [-0.1, -0.05) is 17.7 Å². The zero-order valence-electron chi connectivity index (χ0n) is 17.1. The number of rotatable bonds is 5. The highest BCUT2D eigenvalue weighted by Gasteiger charge is 2.15. The van der Waals surface area contributed by atoms with E-state index in [1.165, 1.54) is 14.2 Å². The number of nitrogens with zero attached hydrogens (tertiary/aromatic N) is 1. The van der Waals surface area contributed by atoms with E-state index in [9.17, 15) is 4.79 Å². The van der Waals surface area contributed by atoms with Crippen LogP contribution in [0.5, 0.6) is 11.5 Å². The molecule has 0 fully saturated rings. The third-order valence-electron chi connectivity index (χ3n) is 4.60. The van der Waals surface area contributed by atoms with Gasteiger partial charge < -0.3 is 19.2 Å². The fraction of sp³-hybridized carbons (Fsp3) is 0.0870. The van der Waals surface area contributed by atoms with Crippen LogP contribution in [0.1, 0.15) is 10.4 Å².